The minimum absolute atomic E-state index is 0.460. The quantitative estimate of drug-likeness (QED) is 0.867. The Morgan fingerprint density at radius 2 is 2.06 bits per heavy atom. The van der Waals surface area contributed by atoms with Crippen molar-refractivity contribution in [2.75, 3.05) is 27.8 Å². The highest BCUT2D eigenvalue weighted by atomic mass is 79.9. The number of hydrogen-bond acceptors (Lipinski definition) is 4. The van der Waals surface area contributed by atoms with Crippen LogP contribution in [0.1, 0.15) is 11.7 Å². The van der Waals surface area contributed by atoms with Gasteiger partial charge >= 0.3 is 0 Å². The first-order chi connectivity index (χ1) is 7.63. The normalized spacial score (nSPS) is 12.3. The van der Waals surface area contributed by atoms with Crippen LogP contribution in [0.5, 0.6) is 11.5 Å². The van der Waals surface area contributed by atoms with Gasteiger partial charge in [0.2, 0.25) is 0 Å². The third-order valence-electron chi connectivity index (χ3n) is 2.25. The van der Waals surface area contributed by atoms with E-state index in [4.69, 9.17) is 9.47 Å². The lowest BCUT2D eigenvalue weighted by molar-refractivity contribution is 0.172. The van der Waals surface area contributed by atoms with Gasteiger partial charge in [0.15, 0.2) is 0 Å². The molecule has 1 unspecified atom stereocenters. The average molecular weight is 290 g/mol. The molecular weight excluding hydrogens is 274 g/mol. The molecule has 0 saturated carbocycles. The largest absolute Gasteiger partial charge is 0.497 e. The predicted molar refractivity (Wildman–Crippen MR) is 66.1 cm³/mol. The summed E-state index contributed by atoms with van der Waals surface area (Å²) in [6.45, 7) is 0.460. The van der Waals surface area contributed by atoms with Gasteiger partial charge in [-0.05, 0) is 13.1 Å². The lowest BCUT2D eigenvalue weighted by Gasteiger charge is -2.17. The fraction of sp³-hybridized carbons (Fsp3) is 0.455. The summed E-state index contributed by atoms with van der Waals surface area (Å²) >= 11 is 3.40. The van der Waals surface area contributed by atoms with Gasteiger partial charge in [0.05, 0.1) is 20.3 Å². The van der Waals surface area contributed by atoms with Crippen LogP contribution in [0.4, 0.5) is 0 Å². The summed E-state index contributed by atoms with van der Waals surface area (Å²) in [5, 5.41) is 12.9. The molecule has 0 aliphatic rings. The van der Waals surface area contributed by atoms with Crippen molar-refractivity contribution in [3.05, 3.63) is 22.2 Å². The second kappa shape index (κ2) is 6.08. The SMILES string of the molecule is CNCC(O)c1c(Br)cc(OC)cc1OC. The molecule has 1 aromatic rings. The van der Waals surface area contributed by atoms with Crippen LogP contribution in [0, 0.1) is 0 Å². The first-order valence-electron chi connectivity index (χ1n) is 4.88. The van der Waals surface area contributed by atoms with Crippen molar-refractivity contribution < 1.29 is 14.6 Å². The monoisotopic (exact) mass is 289 g/mol. The number of aliphatic hydroxyl groups excluding tert-OH is 1. The van der Waals surface area contributed by atoms with Gasteiger partial charge < -0.3 is 19.9 Å². The fourth-order valence-electron chi connectivity index (χ4n) is 1.47. The van der Waals surface area contributed by atoms with Crippen molar-refractivity contribution in [1.29, 1.82) is 0 Å². The summed E-state index contributed by atoms with van der Waals surface area (Å²) < 4.78 is 11.1. The first-order valence-corrected chi connectivity index (χ1v) is 5.67. The Hall–Kier alpha value is -0.780. The standard InChI is InChI=1S/C11H16BrNO3/c1-13-6-9(14)11-8(12)4-7(15-2)5-10(11)16-3/h4-5,9,13-14H,6H2,1-3H3. The van der Waals surface area contributed by atoms with Crippen LogP contribution in [0.25, 0.3) is 0 Å². The van der Waals surface area contributed by atoms with Crippen molar-refractivity contribution in [3.8, 4) is 11.5 Å². The zero-order valence-electron chi connectivity index (χ0n) is 9.58. The molecule has 0 fully saturated rings. The molecule has 0 aliphatic heterocycles. The van der Waals surface area contributed by atoms with Crippen LogP contribution < -0.4 is 14.8 Å². The van der Waals surface area contributed by atoms with Crippen LogP contribution in [-0.2, 0) is 0 Å². The molecule has 1 aromatic carbocycles. The van der Waals surface area contributed by atoms with E-state index in [0.717, 1.165) is 10.0 Å². The molecule has 0 saturated heterocycles. The topological polar surface area (TPSA) is 50.7 Å². The zero-order chi connectivity index (χ0) is 12.1. The van der Waals surface area contributed by atoms with E-state index in [9.17, 15) is 5.11 Å². The summed E-state index contributed by atoms with van der Waals surface area (Å²) in [4.78, 5) is 0. The molecule has 90 valence electrons. The summed E-state index contributed by atoms with van der Waals surface area (Å²) in [7, 11) is 4.94. The van der Waals surface area contributed by atoms with Gasteiger partial charge in [0.25, 0.3) is 0 Å². The van der Waals surface area contributed by atoms with Crippen LogP contribution in [0.2, 0.25) is 0 Å². The van der Waals surface area contributed by atoms with Crippen LogP contribution in [-0.4, -0.2) is 32.9 Å². The Morgan fingerprint density at radius 1 is 1.38 bits per heavy atom. The van der Waals surface area contributed by atoms with Gasteiger partial charge in [-0.3, -0.25) is 0 Å². The van der Waals surface area contributed by atoms with Gasteiger partial charge in [0, 0.05) is 22.6 Å². The Labute approximate surface area is 104 Å². The van der Waals surface area contributed by atoms with E-state index in [0.29, 0.717) is 18.0 Å². The van der Waals surface area contributed by atoms with Gasteiger partial charge in [-0.1, -0.05) is 15.9 Å². The number of halogens is 1. The zero-order valence-corrected chi connectivity index (χ0v) is 11.2. The smallest absolute Gasteiger partial charge is 0.129 e. The maximum Gasteiger partial charge on any atom is 0.129 e. The first kappa shape index (κ1) is 13.3. The maximum absolute atomic E-state index is 9.96. The van der Waals surface area contributed by atoms with Crippen LogP contribution in [0.15, 0.2) is 16.6 Å². The molecule has 0 heterocycles. The number of rotatable bonds is 5. The second-order valence-corrected chi connectivity index (χ2v) is 4.15. The molecule has 5 heteroatoms. The molecule has 0 spiro atoms. The third-order valence-corrected chi connectivity index (χ3v) is 2.91. The Balaban J connectivity index is 3.15. The van der Waals surface area contributed by atoms with Crippen LogP contribution >= 0.6 is 15.9 Å². The molecule has 1 rings (SSSR count). The van der Waals surface area contributed by atoms with Crippen molar-refractivity contribution in [1.82, 2.24) is 5.32 Å². The number of aliphatic hydroxyl groups is 1. The van der Waals surface area contributed by atoms with Gasteiger partial charge in [-0.15, -0.1) is 0 Å². The molecule has 4 nitrogen and oxygen atoms in total. The van der Waals surface area contributed by atoms with Crippen LogP contribution in [0.3, 0.4) is 0 Å². The van der Waals surface area contributed by atoms with Gasteiger partial charge in [-0.2, -0.15) is 0 Å². The van der Waals surface area contributed by atoms with Crippen molar-refractivity contribution in [3.63, 3.8) is 0 Å². The van der Waals surface area contributed by atoms with Crippen molar-refractivity contribution >= 4 is 15.9 Å². The van der Waals surface area contributed by atoms with Gasteiger partial charge in [0.1, 0.15) is 11.5 Å². The summed E-state index contributed by atoms with van der Waals surface area (Å²) in [5.74, 6) is 1.29. The molecule has 0 amide bonds. The third kappa shape index (κ3) is 2.87. The molecule has 0 radical (unpaired) electrons. The highest BCUT2D eigenvalue weighted by molar-refractivity contribution is 9.10. The maximum atomic E-state index is 9.96. The molecule has 2 N–H and O–H groups in total. The van der Waals surface area contributed by atoms with Crippen molar-refractivity contribution in [2.45, 2.75) is 6.10 Å². The minimum atomic E-state index is -0.625. The molecule has 0 aromatic heterocycles. The number of likely N-dealkylation sites (N-methyl/N-ethyl adjacent to an activating group) is 1. The molecule has 16 heavy (non-hydrogen) atoms. The van der Waals surface area contributed by atoms with E-state index in [2.05, 4.69) is 21.2 Å². The van der Waals surface area contributed by atoms with Crippen molar-refractivity contribution in [2.24, 2.45) is 0 Å². The van der Waals surface area contributed by atoms with E-state index in [1.54, 1.807) is 33.4 Å². The van der Waals surface area contributed by atoms with E-state index >= 15 is 0 Å². The molecular formula is C11H16BrNO3. The molecule has 1 atom stereocenters. The number of methoxy groups -OCH3 is 2. The van der Waals surface area contributed by atoms with E-state index in [1.807, 2.05) is 0 Å². The minimum Gasteiger partial charge on any atom is -0.497 e. The number of benzene rings is 1. The Morgan fingerprint density at radius 3 is 2.56 bits per heavy atom. The molecule has 0 bridgehead atoms. The Kier molecular flexibility index (Phi) is 5.05. The number of nitrogens with one attached hydrogen (secondary N) is 1. The van der Waals surface area contributed by atoms with Gasteiger partial charge in [-0.25, -0.2) is 0 Å². The summed E-state index contributed by atoms with van der Waals surface area (Å²) in [6, 6.07) is 3.55. The molecule has 0 aliphatic carbocycles. The average Bonchev–Trinajstić information content (AvgIpc) is 2.27. The van der Waals surface area contributed by atoms with E-state index < -0.39 is 6.10 Å². The number of hydrogen-bond donors (Lipinski definition) is 2. The van der Waals surface area contributed by atoms with E-state index in [-0.39, 0.29) is 0 Å². The number of ether oxygens (including phenoxy) is 2. The summed E-state index contributed by atoms with van der Waals surface area (Å²) in [5.41, 5.74) is 0.720. The second-order valence-electron chi connectivity index (χ2n) is 3.30. The van der Waals surface area contributed by atoms with E-state index in [1.165, 1.54) is 0 Å². The lowest BCUT2D eigenvalue weighted by atomic mass is 10.1. The predicted octanol–water partition coefficient (Wildman–Crippen LogP) is 1.72. The Bertz CT molecular complexity index is 357. The summed E-state index contributed by atoms with van der Waals surface area (Å²) in [6.07, 6.45) is -0.625. The fourth-order valence-corrected chi connectivity index (χ4v) is 2.16. The highest BCUT2D eigenvalue weighted by Gasteiger charge is 2.17. The lowest BCUT2D eigenvalue weighted by Crippen LogP contribution is -2.17. The highest BCUT2D eigenvalue weighted by Crippen LogP contribution is 2.36.